The summed E-state index contributed by atoms with van der Waals surface area (Å²) in [7, 11) is 1.94. The summed E-state index contributed by atoms with van der Waals surface area (Å²) in [5.74, 6) is 0.959. The molecule has 28 heavy (non-hydrogen) atoms. The molecule has 2 heterocycles. The topological polar surface area (TPSA) is 67.2 Å². The molecule has 1 N–H and O–H groups in total. The van der Waals surface area contributed by atoms with E-state index in [-0.39, 0.29) is 43.0 Å². The van der Waals surface area contributed by atoms with Gasteiger partial charge in [0.2, 0.25) is 5.91 Å². The number of carbonyl (C=O) groups is 2. The Bertz CT molecular complexity index is 864. The van der Waals surface area contributed by atoms with Gasteiger partial charge in [0.05, 0.1) is 0 Å². The number of piperazine rings is 1. The maximum Gasteiger partial charge on any atom is 0.223 e. The number of hydrogen-bond donors (Lipinski definition) is 1. The van der Waals surface area contributed by atoms with Gasteiger partial charge in [-0.15, -0.1) is 12.4 Å². The van der Waals surface area contributed by atoms with Crippen LogP contribution >= 0.6 is 12.4 Å². The van der Waals surface area contributed by atoms with Gasteiger partial charge in [-0.1, -0.05) is 12.1 Å². The molecule has 0 saturated carbocycles. The number of nitrogens with one attached hydrogen (secondary N) is 1. The molecule has 6 nitrogen and oxygen atoms in total. The monoisotopic (exact) mass is 402 g/mol. The average Bonchev–Trinajstić information content (AvgIpc) is 3.33. The molecular weight excluding hydrogens is 376 g/mol. The van der Waals surface area contributed by atoms with Gasteiger partial charge in [0, 0.05) is 57.5 Å². The van der Waals surface area contributed by atoms with Crippen LogP contribution in [0.25, 0.3) is 0 Å². The lowest BCUT2D eigenvalue weighted by atomic mass is 10.0. The number of fused-ring (bicyclic) bond motifs is 1. The molecule has 7 heteroatoms. The van der Waals surface area contributed by atoms with Crippen molar-refractivity contribution in [2.45, 2.75) is 38.1 Å². The summed E-state index contributed by atoms with van der Waals surface area (Å²) in [4.78, 5) is 31.7. The third kappa shape index (κ3) is 4.13. The highest BCUT2D eigenvalue weighted by atomic mass is 35.5. The number of rotatable bonds is 5. The van der Waals surface area contributed by atoms with Crippen LogP contribution in [0.4, 0.5) is 0 Å². The van der Waals surface area contributed by atoms with Gasteiger partial charge in [-0.25, -0.2) is 4.98 Å². The second kappa shape index (κ2) is 8.88. The molecule has 0 bridgehead atoms. The molecule has 0 spiro atoms. The average molecular weight is 403 g/mol. The van der Waals surface area contributed by atoms with Crippen LogP contribution in [0.1, 0.15) is 52.6 Å². The summed E-state index contributed by atoms with van der Waals surface area (Å²) in [6, 6.07) is 5.93. The van der Waals surface area contributed by atoms with Crippen molar-refractivity contribution in [2.75, 3.05) is 19.6 Å². The largest absolute Gasteiger partial charge is 0.336 e. The van der Waals surface area contributed by atoms with Gasteiger partial charge < -0.3 is 14.8 Å². The number of aryl methyl sites for hydroxylation is 3. The zero-order valence-corrected chi connectivity index (χ0v) is 17.0. The molecule has 1 amide bonds. The molecule has 150 valence electrons. The predicted octanol–water partition coefficient (Wildman–Crippen LogP) is 2.47. The normalized spacial score (nSPS) is 18.5. The minimum Gasteiger partial charge on any atom is -0.336 e. The summed E-state index contributed by atoms with van der Waals surface area (Å²) in [5.41, 5.74) is 3.40. The molecule has 1 atom stereocenters. The van der Waals surface area contributed by atoms with Gasteiger partial charge in [0.1, 0.15) is 11.9 Å². The van der Waals surface area contributed by atoms with Crippen LogP contribution in [0.3, 0.4) is 0 Å². The Balaban J connectivity index is 0.00000225. The highest BCUT2D eigenvalue weighted by Gasteiger charge is 2.30. The first-order valence-electron chi connectivity index (χ1n) is 9.76. The Morgan fingerprint density at radius 1 is 1.21 bits per heavy atom. The summed E-state index contributed by atoms with van der Waals surface area (Å²) < 4.78 is 1.95. The lowest BCUT2D eigenvalue weighted by Crippen LogP contribution is -2.49. The number of imidazole rings is 1. The van der Waals surface area contributed by atoms with Crippen molar-refractivity contribution in [3.63, 3.8) is 0 Å². The van der Waals surface area contributed by atoms with Crippen LogP contribution in [-0.4, -0.2) is 45.8 Å². The van der Waals surface area contributed by atoms with Crippen molar-refractivity contribution >= 4 is 24.1 Å². The number of Topliss-reactive ketones (excluding diaryl/α,β-unsaturated/α-hetero) is 1. The van der Waals surface area contributed by atoms with Crippen LogP contribution in [-0.2, 0) is 24.7 Å². The fourth-order valence-corrected chi connectivity index (χ4v) is 4.19. The van der Waals surface area contributed by atoms with Crippen molar-refractivity contribution in [3.8, 4) is 0 Å². The van der Waals surface area contributed by atoms with Crippen LogP contribution in [0.2, 0.25) is 0 Å². The zero-order valence-electron chi connectivity index (χ0n) is 16.2. The van der Waals surface area contributed by atoms with Crippen LogP contribution in [0.5, 0.6) is 0 Å². The molecule has 1 aliphatic carbocycles. The molecule has 2 aliphatic rings. The van der Waals surface area contributed by atoms with Crippen molar-refractivity contribution in [2.24, 2.45) is 7.05 Å². The van der Waals surface area contributed by atoms with E-state index in [0.29, 0.717) is 13.1 Å². The van der Waals surface area contributed by atoms with E-state index in [1.807, 2.05) is 34.8 Å². The fourth-order valence-electron chi connectivity index (χ4n) is 4.19. The zero-order chi connectivity index (χ0) is 18.8. The van der Waals surface area contributed by atoms with Crippen LogP contribution in [0, 0.1) is 0 Å². The molecule has 1 fully saturated rings. The van der Waals surface area contributed by atoms with Gasteiger partial charge >= 0.3 is 0 Å². The summed E-state index contributed by atoms with van der Waals surface area (Å²) >= 11 is 0. The van der Waals surface area contributed by atoms with Gasteiger partial charge in [-0.2, -0.15) is 0 Å². The number of halogens is 1. The lowest BCUT2D eigenvalue weighted by molar-refractivity contribution is -0.134. The molecule has 1 aromatic heterocycles. The summed E-state index contributed by atoms with van der Waals surface area (Å²) in [6.45, 7) is 2.10. The summed E-state index contributed by atoms with van der Waals surface area (Å²) in [6.07, 6.45) is 7.49. The Morgan fingerprint density at radius 3 is 2.82 bits per heavy atom. The quantitative estimate of drug-likeness (QED) is 0.780. The smallest absolute Gasteiger partial charge is 0.223 e. The maximum atomic E-state index is 12.8. The Kier molecular flexibility index (Phi) is 6.52. The van der Waals surface area contributed by atoms with Crippen molar-refractivity contribution < 1.29 is 9.59 Å². The number of benzene rings is 1. The molecule has 0 radical (unpaired) electrons. The van der Waals surface area contributed by atoms with Crippen molar-refractivity contribution in [1.82, 2.24) is 19.8 Å². The Labute approximate surface area is 171 Å². The fraction of sp³-hybridized carbons (Fsp3) is 0.476. The third-order valence-corrected chi connectivity index (χ3v) is 5.71. The van der Waals surface area contributed by atoms with Crippen molar-refractivity contribution in [3.05, 3.63) is 53.1 Å². The molecule has 1 aromatic carbocycles. The third-order valence-electron chi connectivity index (χ3n) is 5.71. The van der Waals surface area contributed by atoms with E-state index in [4.69, 9.17) is 0 Å². The number of nitrogens with zero attached hydrogens (tertiary/aromatic N) is 3. The number of aromatic nitrogens is 2. The van der Waals surface area contributed by atoms with Gasteiger partial charge in [-0.3, -0.25) is 9.59 Å². The number of carbonyl (C=O) groups excluding carboxylic acids is 2. The van der Waals surface area contributed by atoms with Crippen molar-refractivity contribution in [1.29, 1.82) is 0 Å². The Hall–Kier alpha value is -2.18. The predicted molar refractivity (Wildman–Crippen MR) is 110 cm³/mol. The molecule has 1 unspecified atom stereocenters. The number of hydrogen-bond acceptors (Lipinski definition) is 4. The highest BCUT2D eigenvalue weighted by Crippen LogP contribution is 2.24. The minimum atomic E-state index is -0.0821. The van der Waals surface area contributed by atoms with E-state index >= 15 is 0 Å². The van der Waals surface area contributed by atoms with E-state index in [1.165, 1.54) is 17.5 Å². The van der Waals surface area contributed by atoms with Crippen LogP contribution in [0.15, 0.2) is 30.6 Å². The SMILES string of the molecule is Cl.Cn1ccnc1C1CNCCN1C(=O)CCC(=O)c1ccc2c(c1)CCC2. The molecule has 2 aromatic rings. The first kappa shape index (κ1) is 20.6. The summed E-state index contributed by atoms with van der Waals surface area (Å²) in [5, 5.41) is 3.34. The second-order valence-corrected chi connectivity index (χ2v) is 7.46. The first-order chi connectivity index (χ1) is 13.1. The van der Waals surface area contributed by atoms with E-state index in [1.54, 1.807) is 6.20 Å². The standard InChI is InChI=1S/C21H26N4O2.ClH/c1-24-11-10-23-21(24)18-14-22-9-12-25(18)20(27)8-7-19(26)17-6-5-15-3-2-4-16(15)13-17;/h5-6,10-11,13,18,22H,2-4,7-9,12,14H2,1H3;1H. The highest BCUT2D eigenvalue weighted by molar-refractivity contribution is 5.98. The van der Waals surface area contributed by atoms with Gasteiger partial charge in [0.15, 0.2) is 5.78 Å². The Morgan fingerprint density at radius 2 is 2.04 bits per heavy atom. The molecular formula is C21H27ClN4O2. The molecule has 1 aliphatic heterocycles. The second-order valence-electron chi connectivity index (χ2n) is 7.46. The van der Waals surface area contributed by atoms with E-state index < -0.39 is 0 Å². The maximum absolute atomic E-state index is 12.8. The van der Waals surface area contributed by atoms with Crippen LogP contribution < -0.4 is 5.32 Å². The van der Waals surface area contributed by atoms with Gasteiger partial charge in [-0.05, 0) is 36.5 Å². The lowest BCUT2D eigenvalue weighted by Gasteiger charge is -2.35. The first-order valence-corrected chi connectivity index (χ1v) is 9.76. The van der Waals surface area contributed by atoms with E-state index in [9.17, 15) is 9.59 Å². The number of ketones is 1. The minimum absolute atomic E-state index is 0. The number of amides is 1. The molecule has 4 rings (SSSR count). The van der Waals surface area contributed by atoms with E-state index in [2.05, 4.69) is 16.4 Å². The van der Waals surface area contributed by atoms with E-state index in [0.717, 1.165) is 30.8 Å². The van der Waals surface area contributed by atoms with Gasteiger partial charge in [0.25, 0.3) is 0 Å². The molecule has 1 saturated heterocycles.